The maximum absolute atomic E-state index is 13.3. The average Bonchev–Trinajstić information content (AvgIpc) is 2.83. The molecule has 176 valence electrons. The van der Waals surface area contributed by atoms with Gasteiger partial charge >= 0.3 is 0 Å². The molecule has 3 aromatic rings. The molecular formula is C23H22N4O6S. The van der Waals surface area contributed by atoms with Crippen LogP contribution in [0.1, 0.15) is 11.1 Å². The minimum absolute atomic E-state index is 0.0381. The Labute approximate surface area is 196 Å². The zero-order chi connectivity index (χ0) is 24.7. The standard InChI is InChI=1S/C23H22N4O6S/c1-17-3-13-22(14-4-17)34(31,32)26(19-9-11-21(33-2)12-10-19)16-23(28)25-24-15-18-5-7-20(8-6-18)27(29)30/h3-15H,16H2,1-2H3,(H,25,28)/b24-15-. The number of hydrogen-bond acceptors (Lipinski definition) is 7. The number of carbonyl (C=O) groups is 1. The van der Waals surface area contributed by atoms with Crippen molar-refractivity contribution in [3.63, 3.8) is 0 Å². The summed E-state index contributed by atoms with van der Waals surface area (Å²) in [6, 6.07) is 18.1. The monoisotopic (exact) mass is 482 g/mol. The Bertz CT molecular complexity index is 1290. The smallest absolute Gasteiger partial charge is 0.269 e. The number of non-ortho nitro benzene ring substituents is 1. The fraction of sp³-hybridized carbons (Fsp3) is 0.130. The Balaban J connectivity index is 1.80. The number of nitro benzene ring substituents is 1. The summed E-state index contributed by atoms with van der Waals surface area (Å²) >= 11 is 0. The number of nitrogens with one attached hydrogen (secondary N) is 1. The highest BCUT2D eigenvalue weighted by Gasteiger charge is 2.27. The summed E-state index contributed by atoms with van der Waals surface area (Å²) in [5.74, 6) is -0.141. The second kappa shape index (κ2) is 10.6. The van der Waals surface area contributed by atoms with Gasteiger partial charge in [-0.2, -0.15) is 5.10 Å². The predicted molar refractivity (Wildman–Crippen MR) is 128 cm³/mol. The second-order valence-electron chi connectivity index (χ2n) is 7.16. The molecule has 0 bridgehead atoms. The fourth-order valence-electron chi connectivity index (χ4n) is 2.93. The summed E-state index contributed by atoms with van der Waals surface area (Å²) < 4.78 is 32.8. The Hall–Kier alpha value is -4.25. The molecule has 3 aromatic carbocycles. The van der Waals surface area contributed by atoms with E-state index in [2.05, 4.69) is 10.5 Å². The zero-order valence-corrected chi connectivity index (χ0v) is 19.2. The molecule has 0 saturated carbocycles. The van der Waals surface area contributed by atoms with E-state index in [-0.39, 0.29) is 16.3 Å². The van der Waals surface area contributed by atoms with Crippen LogP contribution in [0.2, 0.25) is 0 Å². The first-order chi connectivity index (χ1) is 16.2. The van der Waals surface area contributed by atoms with E-state index in [1.165, 1.54) is 61.9 Å². The molecule has 1 amide bonds. The molecule has 11 heteroatoms. The predicted octanol–water partition coefficient (Wildman–Crippen LogP) is 3.26. The molecule has 0 atom stereocenters. The van der Waals surface area contributed by atoms with Crippen molar-refractivity contribution >= 4 is 33.5 Å². The molecule has 3 rings (SSSR count). The van der Waals surface area contributed by atoms with Crippen molar-refractivity contribution in [3.8, 4) is 5.75 Å². The third-order valence-electron chi connectivity index (χ3n) is 4.76. The molecule has 0 unspecified atom stereocenters. The lowest BCUT2D eigenvalue weighted by Gasteiger charge is -2.24. The molecule has 0 radical (unpaired) electrons. The van der Waals surface area contributed by atoms with E-state index in [1.54, 1.807) is 24.3 Å². The van der Waals surface area contributed by atoms with Crippen LogP contribution in [-0.2, 0) is 14.8 Å². The first-order valence-corrected chi connectivity index (χ1v) is 11.4. The number of benzene rings is 3. The third-order valence-corrected chi connectivity index (χ3v) is 6.55. The van der Waals surface area contributed by atoms with Gasteiger partial charge in [-0.05, 0) is 61.0 Å². The largest absolute Gasteiger partial charge is 0.497 e. The van der Waals surface area contributed by atoms with Gasteiger partial charge in [-0.1, -0.05) is 17.7 Å². The Kier molecular flexibility index (Phi) is 7.59. The molecule has 0 aliphatic carbocycles. The molecule has 10 nitrogen and oxygen atoms in total. The molecule has 0 aromatic heterocycles. The van der Waals surface area contributed by atoms with Crippen molar-refractivity contribution in [1.29, 1.82) is 0 Å². The average molecular weight is 483 g/mol. The number of methoxy groups -OCH3 is 1. The van der Waals surface area contributed by atoms with E-state index >= 15 is 0 Å². The molecule has 0 spiro atoms. The molecule has 0 aliphatic rings. The first kappa shape index (κ1) is 24.4. The van der Waals surface area contributed by atoms with Gasteiger partial charge in [0, 0.05) is 12.1 Å². The van der Waals surface area contributed by atoms with Crippen molar-refractivity contribution in [2.45, 2.75) is 11.8 Å². The van der Waals surface area contributed by atoms with Crippen molar-refractivity contribution < 1.29 is 22.9 Å². The van der Waals surface area contributed by atoms with E-state index in [0.717, 1.165) is 9.87 Å². The van der Waals surface area contributed by atoms with Crippen LogP contribution in [0.5, 0.6) is 5.75 Å². The third kappa shape index (κ3) is 5.95. The molecule has 0 saturated heterocycles. The minimum Gasteiger partial charge on any atom is -0.497 e. The lowest BCUT2D eigenvalue weighted by atomic mass is 10.2. The van der Waals surface area contributed by atoms with Gasteiger partial charge in [0.05, 0.1) is 28.8 Å². The van der Waals surface area contributed by atoms with Crippen LogP contribution in [0.15, 0.2) is 82.8 Å². The van der Waals surface area contributed by atoms with Gasteiger partial charge in [0.25, 0.3) is 21.6 Å². The highest BCUT2D eigenvalue weighted by atomic mass is 32.2. The van der Waals surface area contributed by atoms with E-state index in [1.807, 2.05) is 6.92 Å². The van der Waals surface area contributed by atoms with Crippen LogP contribution in [0, 0.1) is 17.0 Å². The topological polar surface area (TPSA) is 131 Å². The highest BCUT2D eigenvalue weighted by Crippen LogP contribution is 2.26. The number of ether oxygens (including phenoxy) is 1. The number of rotatable bonds is 9. The van der Waals surface area contributed by atoms with E-state index in [9.17, 15) is 23.3 Å². The molecule has 0 fully saturated rings. The second-order valence-corrected chi connectivity index (χ2v) is 9.03. The van der Waals surface area contributed by atoms with Gasteiger partial charge in [0.1, 0.15) is 12.3 Å². The van der Waals surface area contributed by atoms with Crippen molar-refractivity contribution in [3.05, 3.63) is 94.0 Å². The number of aryl methyl sites for hydroxylation is 1. The number of anilines is 1. The first-order valence-electron chi connectivity index (χ1n) is 10.0. The molecule has 0 aliphatic heterocycles. The maximum atomic E-state index is 13.3. The van der Waals surface area contributed by atoms with E-state index in [4.69, 9.17) is 4.74 Å². The number of hydrogen-bond donors (Lipinski definition) is 1. The number of carbonyl (C=O) groups excluding carboxylic acids is 1. The van der Waals surface area contributed by atoms with Gasteiger partial charge in [-0.3, -0.25) is 19.2 Å². The van der Waals surface area contributed by atoms with Gasteiger partial charge in [0.15, 0.2) is 0 Å². The summed E-state index contributed by atoms with van der Waals surface area (Å²) in [6.07, 6.45) is 1.30. The van der Waals surface area contributed by atoms with Crippen LogP contribution >= 0.6 is 0 Å². The number of amides is 1. The van der Waals surface area contributed by atoms with Crippen LogP contribution in [-0.4, -0.2) is 39.1 Å². The van der Waals surface area contributed by atoms with Gasteiger partial charge in [0.2, 0.25) is 0 Å². The van der Waals surface area contributed by atoms with Crippen LogP contribution < -0.4 is 14.5 Å². The minimum atomic E-state index is -4.06. The van der Waals surface area contributed by atoms with E-state index in [0.29, 0.717) is 11.3 Å². The Morgan fingerprint density at radius 1 is 1.06 bits per heavy atom. The van der Waals surface area contributed by atoms with E-state index < -0.39 is 27.4 Å². The normalized spacial score (nSPS) is 11.2. The number of nitro groups is 1. The Morgan fingerprint density at radius 3 is 2.24 bits per heavy atom. The van der Waals surface area contributed by atoms with Crippen molar-refractivity contribution in [1.82, 2.24) is 5.43 Å². The molecule has 1 N–H and O–H groups in total. The molecule has 0 heterocycles. The van der Waals surface area contributed by atoms with Gasteiger partial charge in [-0.25, -0.2) is 13.8 Å². The zero-order valence-electron chi connectivity index (χ0n) is 18.4. The maximum Gasteiger partial charge on any atom is 0.269 e. The lowest BCUT2D eigenvalue weighted by Crippen LogP contribution is -2.39. The van der Waals surface area contributed by atoms with Crippen LogP contribution in [0.3, 0.4) is 0 Å². The summed E-state index contributed by atoms with van der Waals surface area (Å²) in [7, 11) is -2.57. The summed E-state index contributed by atoms with van der Waals surface area (Å²) in [4.78, 5) is 22.8. The fourth-order valence-corrected chi connectivity index (χ4v) is 4.35. The van der Waals surface area contributed by atoms with Gasteiger partial charge in [-0.15, -0.1) is 0 Å². The Morgan fingerprint density at radius 2 is 1.68 bits per heavy atom. The summed E-state index contributed by atoms with van der Waals surface area (Å²) in [5, 5.41) is 14.5. The van der Waals surface area contributed by atoms with Gasteiger partial charge < -0.3 is 4.74 Å². The number of hydrazone groups is 1. The van der Waals surface area contributed by atoms with Crippen LogP contribution in [0.4, 0.5) is 11.4 Å². The SMILES string of the molecule is COc1ccc(N(CC(=O)N/N=C\c2ccc([N+](=O)[O-])cc2)S(=O)(=O)c2ccc(C)cc2)cc1. The summed E-state index contributed by atoms with van der Waals surface area (Å²) in [6.45, 7) is 1.31. The van der Waals surface area contributed by atoms with Crippen molar-refractivity contribution in [2.75, 3.05) is 18.0 Å². The lowest BCUT2D eigenvalue weighted by molar-refractivity contribution is -0.384. The quantitative estimate of drug-likeness (QED) is 0.283. The van der Waals surface area contributed by atoms with Crippen molar-refractivity contribution in [2.24, 2.45) is 5.10 Å². The number of sulfonamides is 1. The number of nitrogens with zero attached hydrogens (tertiary/aromatic N) is 3. The van der Waals surface area contributed by atoms with Crippen LogP contribution in [0.25, 0.3) is 0 Å². The molecular weight excluding hydrogens is 460 g/mol. The summed E-state index contributed by atoms with van der Waals surface area (Å²) in [5.41, 5.74) is 3.91. The highest BCUT2D eigenvalue weighted by molar-refractivity contribution is 7.92. The molecule has 34 heavy (non-hydrogen) atoms.